The Kier molecular flexibility index (Phi) is 7.36. The minimum absolute atomic E-state index is 0.0445. The van der Waals surface area contributed by atoms with Gasteiger partial charge in [-0.1, -0.05) is 31.5 Å². The van der Waals surface area contributed by atoms with Gasteiger partial charge in [0.15, 0.2) is 0 Å². The van der Waals surface area contributed by atoms with Crippen LogP contribution in [0.5, 0.6) is 0 Å². The van der Waals surface area contributed by atoms with Gasteiger partial charge in [0.25, 0.3) is 0 Å². The van der Waals surface area contributed by atoms with Gasteiger partial charge in [-0.3, -0.25) is 19.3 Å². The molecule has 0 saturated carbocycles. The van der Waals surface area contributed by atoms with Gasteiger partial charge in [0.1, 0.15) is 6.04 Å². The first kappa shape index (κ1) is 20.9. The molecule has 1 aromatic rings. The van der Waals surface area contributed by atoms with E-state index in [0.717, 1.165) is 16.8 Å². The Bertz CT molecular complexity index is 702. The van der Waals surface area contributed by atoms with Crippen LogP contribution in [0.25, 0.3) is 0 Å². The number of nitrogens with zero attached hydrogens (tertiary/aromatic N) is 1. The summed E-state index contributed by atoms with van der Waals surface area (Å²) in [5, 5.41) is 5.64. The van der Waals surface area contributed by atoms with Crippen molar-refractivity contribution in [3.8, 4) is 0 Å². The highest BCUT2D eigenvalue weighted by Gasteiger charge is 2.33. The first-order valence-electron chi connectivity index (χ1n) is 9.30. The van der Waals surface area contributed by atoms with Crippen molar-refractivity contribution in [1.29, 1.82) is 0 Å². The molecule has 1 aliphatic rings. The van der Waals surface area contributed by atoms with Crippen LogP contribution in [-0.2, 0) is 19.1 Å². The largest absolute Gasteiger partial charge is 0.465 e. The van der Waals surface area contributed by atoms with Crippen LogP contribution in [0.4, 0.5) is 5.69 Å². The highest BCUT2D eigenvalue weighted by atomic mass is 16.5. The number of aryl methyl sites for hydroxylation is 2. The summed E-state index contributed by atoms with van der Waals surface area (Å²) in [6.07, 6.45) is -0.0601. The molecule has 7 heteroatoms. The van der Waals surface area contributed by atoms with E-state index in [1.54, 1.807) is 4.90 Å². The number of hydrogen-bond donors (Lipinski definition) is 2. The van der Waals surface area contributed by atoms with Crippen LogP contribution in [0.3, 0.4) is 0 Å². The maximum absolute atomic E-state index is 12.5. The normalized spacial score (nSPS) is 17.5. The number of esters is 1. The van der Waals surface area contributed by atoms with Crippen molar-refractivity contribution in [2.45, 2.75) is 40.2 Å². The fraction of sp³-hybridized carbons (Fsp3) is 0.550. The average molecular weight is 375 g/mol. The van der Waals surface area contributed by atoms with Gasteiger partial charge in [-0.25, -0.2) is 0 Å². The van der Waals surface area contributed by atoms with Gasteiger partial charge in [0, 0.05) is 18.8 Å². The maximum Gasteiger partial charge on any atom is 0.307 e. The summed E-state index contributed by atoms with van der Waals surface area (Å²) in [4.78, 5) is 38.4. The zero-order valence-electron chi connectivity index (χ0n) is 16.5. The van der Waals surface area contributed by atoms with E-state index in [2.05, 4.69) is 10.6 Å². The smallest absolute Gasteiger partial charge is 0.307 e. The lowest BCUT2D eigenvalue weighted by molar-refractivity contribution is -0.149. The van der Waals surface area contributed by atoms with Crippen LogP contribution in [-0.4, -0.2) is 55.0 Å². The summed E-state index contributed by atoms with van der Waals surface area (Å²) < 4.78 is 5.18. The molecule has 0 radical (unpaired) electrons. The Labute approximate surface area is 160 Å². The number of piperazine rings is 1. The zero-order chi connectivity index (χ0) is 20.0. The van der Waals surface area contributed by atoms with E-state index >= 15 is 0 Å². The van der Waals surface area contributed by atoms with Crippen LogP contribution in [0.1, 0.15) is 31.4 Å². The number of anilines is 1. The molecule has 1 atom stereocenters. The van der Waals surface area contributed by atoms with E-state index in [9.17, 15) is 14.4 Å². The van der Waals surface area contributed by atoms with Gasteiger partial charge >= 0.3 is 5.97 Å². The van der Waals surface area contributed by atoms with Crippen molar-refractivity contribution >= 4 is 23.5 Å². The molecule has 1 unspecified atom stereocenters. The lowest BCUT2D eigenvalue weighted by Crippen LogP contribution is -2.57. The molecule has 7 nitrogen and oxygen atoms in total. The summed E-state index contributed by atoms with van der Waals surface area (Å²) in [5.74, 6) is -0.654. The van der Waals surface area contributed by atoms with Crippen molar-refractivity contribution in [2.75, 3.05) is 31.6 Å². The van der Waals surface area contributed by atoms with E-state index in [0.29, 0.717) is 19.7 Å². The first-order chi connectivity index (χ1) is 12.8. The molecule has 1 aromatic carbocycles. The van der Waals surface area contributed by atoms with Crippen molar-refractivity contribution in [3.63, 3.8) is 0 Å². The number of hydrogen-bond acceptors (Lipinski definition) is 5. The van der Waals surface area contributed by atoms with Crippen molar-refractivity contribution < 1.29 is 19.1 Å². The van der Waals surface area contributed by atoms with Crippen LogP contribution in [0.15, 0.2) is 18.2 Å². The van der Waals surface area contributed by atoms with Crippen LogP contribution in [0.2, 0.25) is 0 Å². The van der Waals surface area contributed by atoms with Gasteiger partial charge in [0.05, 0.1) is 19.6 Å². The number of nitrogens with one attached hydrogen (secondary N) is 2. The Hall–Kier alpha value is -2.41. The predicted octanol–water partition coefficient (Wildman–Crippen LogP) is 1.63. The zero-order valence-corrected chi connectivity index (χ0v) is 16.5. The number of amides is 2. The number of carbonyl (C=O) groups is 3. The van der Waals surface area contributed by atoms with Gasteiger partial charge in [0.2, 0.25) is 11.8 Å². The van der Waals surface area contributed by atoms with Gasteiger partial charge in [-0.2, -0.15) is 0 Å². The molecule has 2 rings (SSSR count). The highest BCUT2D eigenvalue weighted by Crippen LogP contribution is 2.17. The van der Waals surface area contributed by atoms with E-state index < -0.39 is 12.0 Å². The third-order valence-corrected chi connectivity index (χ3v) is 4.38. The molecule has 0 aromatic heterocycles. The average Bonchev–Trinajstić information content (AvgIpc) is 2.58. The number of carbonyl (C=O) groups excluding carboxylic acids is 3. The standard InChI is InChI=1S/C20H29N3O4/c1-13(2)12-27-19(25)10-17-20(26)21-7-8-23(17)11-18(24)22-16-6-5-14(3)9-15(16)4/h5-6,9,13,17H,7-8,10-12H2,1-4H3,(H,21,26)(H,22,24). The molecule has 1 saturated heterocycles. The van der Waals surface area contributed by atoms with Gasteiger partial charge < -0.3 is 15.4 Å². The first-order valence-corrected chi connectivity index (χ1v) is 9.30. The van der Waals surface area contributed by atoms with Gasteiger partial charge in [-0.05, 0) is 31.4 Å². The Balaban J connectivity index is 1.97. The molecular weight excluding hydrogens is 346 g/mol. The molecule has 0 spiro atoms. The summed E-state index contributed by atoms with van der Waals surface area (Å²) >= 11 is 0. The fourth-order valence-electron chi connectivity index (χ4n) is 2.98. The summed E-state index contributed by atoms with van der Waals surface area (Å²) in [7, 11) is 0. The lowest BCUT2D eigenvalue weighted by Gasteiger charge is -2.34. The van der Waals surface area contributed by atoms with Crippen LogP contribution < -0.4 is 10.6 Å². The minimum atomic E-state index is -0.691. The van der Waals surface area contributed by atoms with E-state index in [1.807, 2.05) is 45.9 Å². The molecular formula is C20H29N3O4. The summed E-state index contributed by atoms with van der Waals surface area (Å²) in [6, 6.07) is 5.11. The summed E-state index contributed by atoms with van der Waals surface area (Å²) in [6.45, 7) is 9.15. The van der Waals surface area contributed by atoms with E-state index in [1.165, 1.54) is 0 Å². The molecule has 0 aliphatic carbocycles. The molecule has 1 aliphatic heterocycles. The monoisotopic (exact) mass is 375 g/mol. The Morgan fingerprint density at radius 2 is 2.07 bits per heavy atom. The maximum atomic E-state index is 12.5. The van der Waals surface area contributed by atoms with Crippen molar-refractivity contribution in [3.05, 3.63) is 29.3 Å². The highest BCUT2D eigenvalue weighted by molar-refractivity contribution is 5.94. The quantitative estimate of drug-likeness (QED) is 0.708. The van der Waals surface area contributed by atoms with Crippen molar-refractivity contribution in [2.24, 2.45) is 5.92 Å². The number of ether oxygens (including phenoxy) is 1. The molecule has 2 N–H and O–H groups in total. The van der Waals surface area contributed by atoms with E-state index in [4.69, 9.17) is 4.74 Å². The molecule has 148 valence electrons. The number of benzene rings is 1. The molecule has 1 heterocycles. The minimum Gasteiger partial charge on any atom is -0.465 e. The second kappa shape index (κ2) is 9.50. The van der Waals surface area contributed by atoms with Crippen molar-refractivity contribution in [1.82, 2.24) is 10.2 Å². The molecule has 1 fully saturated rings. The molecule has 2 amide bonds. The second-order valence-electron chi connectivity index (χ2n) is 7.42. The number of rotatable bonds is 7. The summed E-state index contributed by atoms with van der Waals surface area (Å²) in [5.41, 5.74) is 2.85. The van der Waals surface area contributed by atoms with Gasteiger partial charge in [-0.15, -0.1) is 0 Å². The molecule has 0 bridgehead atoms. The third kappa shape index (κ3) is 6.36. The third-order valence-electron chi connectivity index (χ3n) is 4.38. The van der Waals surface area contributed by atoms with Crippen LogP contribution >= 0.6 is 0 Å². The van der Waals surface area contributed by atoms with E-state index in [-0.39, 0.29) is 30.7 Å². The topological polar surface area (TPSA) is 87.7 Å². The Morgan fingerprint density at radius 3 is 2.74 bits per heavy atom. The fourth-order valence-corrected chi connectivity index (χ4v) is 2.98. The SMILES string of the molecule is Cc1ccc(NC(=O)CN2CCNC(=O)C2CC(=O)OCC(C)C)c(C)c1. The molecule has 27 heavy (non-hydrogen) atoms. The van der Waals surface area contributed by atoms with Crippen LogP contribution in [0, 0.1) is 19.8 Å². The second-order valence-corrected chi connectivity index (χ2v) is 7.42. The predicted molar refractivity (Wildman–Crippen MR) is 103 cm³/mol. The Morgan fingerprint density at radius 1 is 1.33 bits per heavy atom. The lowest BCUT2D eigenvalue weighted by atomic mass is 10.1.